The third-order valence-corrected chi connectivity index (χ3v) is 9.70. The first-order valence-electron chi connectivity index (χ1n) is 18.9. The first-order valence-corrected chi connectivity index (χ1v) is 18.9. The highest BCUT2D eigenvalue weighted by atomic mass is 16.6. The second-order valence-electron chi connectivity index (χ2n) is 13.9. The molecule has 1 rings (SSSR count). The molecular weight excluding hydrogens is 584 g/mol. The first kappa shape index (κ1) is 42.5. The van der Waals surface area contributed by atoms with Crippen molar-refractivity contribution in [1.29, 1.82) is 0 Å². The zero-order chi connectivity index (χ0) is 34.0. The zero-order valence-electron chi connectivity index (χ0n) is 29.6. The van der Waals surface area contributed by atoms with Crippen molar-refractivity contribution in [3.8, 4) is 0 Å². The van der Waals surface area contributed by atoms with Crippen molar-refractivity contribution in [2.45, 2.75) is 186 Å². The van der Waals surface area contributed by atoms with E-state index in [9.17, 15) is 30.0 Å². The number of hydrogen-bond acceptors (Lipinski definition) is 8. The Hall–Kier alpha value is -1.48. The lowest BCUT2D eigenvalue weighted by molar-refractivity contribution is -0.161. The van der Waals surface area contributed by atoms with Crippen LogP contribution in [0.5, 0.6) is 0 Å². The third kappa shape index (κ3) is 20.7. The summed E-state index contributed by atoms with van der Waals surface area (Å²) in [5.41, 5.74) is 0. The summed E-state index contributed by atoms with van der Waals surface area (Å²) in [4.78, 5) is 24.4. The normalized spacial score (nSPS) is 21.8. The lowest BCUT2D eigenvalue weighted by Gasteiger charge is -2.21. The fourth-order valence-corrected chi connectivity index (χ4v) is 6.39. The fourth-order valence-electron chi connectivity index (χ4n) is 6.39. The van der Waals surface area contributed by atoms with Crippen molar-refractivity contribution in [3.05, 3.63) is 12.2 Å². The summed E-state index contributed by atoms with van der Waals surface area (Å²) in [5.74, 6) is -0.0790. The van der Waals surface area contributed by atoms with E-state index in [4.69, 9.17) is 9.47 Å². The van der Waals surface area contributed by atoms with Gasteiger partial charge in [0.2, 0.25) is 0 Å². The van der Waals surface area contributed by atoms with Gasteiger partial charge >= 0.3 is 11.9 Å². The van der Waals surface area contributed by atoms with Crippen LogP contribution < -0.4 is 0 Å². The Morgan fingerprint density at radius 3 is 2.00 bits per heavy atom. The van der Waals surface area contributed by atoms with Gasteiger partial charge in [-0.05, 0) is 37.5 Å². The molecule has 1 unspecified atom stereocenters. The number of unbranched alkanes of at least 4 members (excludes halogenated alkanes) is 12. The molecule has 0 aliphatic heterocycles. The van der Waals surface area contributed by atoms with Crippen LogP contribution in [0.25, 0.3) is 0 Å². The summed E-state index contributed by atoms with van der Waals surface area (Å²) in [7, 11) is 0. The van der Waals surface area contributed by atoms with Crippen molar-refractivity contribution < 1.29 is 39.5 Å². The van der Waals surface area contributed by atoms with Crippen LogP contribution in [-0.4, -0.2) is 70.0 Å². The van der Waals surface area contributed by atoms with E-state index in [0.717, 1.165) is 70.1 Å². The number of aliphatic hydroxyl groups excluding tert-OH is 4. The third-order valence-electron chi connectivity index (χ3n) is 9.70. The quantitative estimate of drug-likeness (QED) is 0.0369. The van der Waals surface area contributed by atoms with Crippen LogP contribution in [0.15, 0.2) is 12.2 Å². The minimum absolute atomic E-state index is 0.0360. The average Bonchev–Trinajstić information content (AvgIpc) is 3.31. The molecular formula is C38H70O8. The molecule has 1 fully saturated rings. The summed E-state index contributed by atoms with van der Waals surface area (Å²) < 4.78 is 10.6. The Morgan fingerprint density at radius 1 is 0.783 bits per heavy atom. The van der Waals surface area contributed by atoms with Crippen LogP contribution in [0.4, 0.5) is 0 Å². The van der Waals surface area contributed by atoms with E-state index in [1.165, 1.54) is 44.9 Å². The topological polar surface area (TPSA) is 134 Å². The highest BCUT2D eigenvalue weighted by molar-refractivity contribution is 5.70. The van der Waals surface area contributed by atoms with Gasteiger partial charge in [0.15, 0.2) is 6.10 Å². The van der Waals surface area contributed by atoms with Crippen molar-refractivity contribution >= 4 is 11.9 Å². The Morgan fingerprint density at radius 2 is 1.37 bits per heavy atom. The van der Waals surface area contributed by atoms with Gasteiger partial charge in [-0.3, -0.25) is 9.59 Å². The highest BCUT2D eigenvalue weighted by Gasteiger charge is 2.39. The Bertz CT molecular complexity index is 787. The van der Waals surface area contributed by atoms with Gasteiger partial charge in [-0.2, -0.15) is 0 Å². The van der Waals surface area contributed by atoms with Crippen LogP contribution in [0.3, 0.4) is 0 Å². The summed E-state index contributed by atoms with van der Waals surface area (Å²) in [5, 5.41) is 40.7. The Balaban J connectivity index is 2.13. The molecule has 0 radical (unpaired) electrons. The van der Waals surface area contributed by atoms with Crippen LogP contribution in [0, 0.1) is 17.8 Å². The van der Waals surface area contributed by atoms with Gasteiger partial charge in [0.05, 0.1) is 24.9 Å². The van der Waals surface area contributed by atoms with Gasteiger partial charge in [-0.15, -0.1) is 0 Å². The van der Waals surface area contributed by atoms with E-state index in [-0.39, 0.29) is 30.8 Å². The maximum absolute atomic E-state index is 12.3. The molecule has 8 heteroatoms. The average molecular weight is 655 g/mol. The largest absolute Gasteiger partial charge is 0.462 e. The van der Waals surface area contributed by atoms with E-state index in [0.29, 0.717) is 25.7 Å². The Kier molecular flexibility index (Phi) is 25.4. The number of rotatable bonds is 29. The van der Waals surface area contributed by atoms with Crippen LogP contribution in [0.2, 0.25) is 0 Å². The lowest BCUT2D eigenvalue weighted by Crippen LogP contribution is -2.28. The van der Waals surface area contributed by atoms with Gasteiger partial charge in [0.1, 0.15) is 6.61 Å². The summed E-state index contributed by atoms with van der Waals surface area (Å²) >= 11 is 0. The molecule has 0 heterocycles. The highest BCUT2D eigenvalue weighted by Crippen LogP contribution is 2.37. The molecule has 0 aromatic carbocycles. The van der Waals surface area contributed by atoms with Crippen LogP contribution >= 0.6 is 0 Å². The first-order chi connectivity index (χ1) is 22.2. The molecule has 0 bridgehead atoms. The molecule has 46 heavy (non-hydrogen) atoms. The number of esters is 2. The number of hydrogen-bond donors (Lipinski definition) is 4. The summed E-state index contributed by atoms with van der Waals surface area (Å²) in [6.07, 6.45) is 21.9. The van der Waals surface area contributed by atoms with Gasteiger partial charge in [-0.1, -0.05) is 129 Å². The predicted octanol–water partition coefficient (Wildman–Crippen LogP) is 7.58. The smallest absolute Gasteiger partial charge is 0.306 e. The van der Waals surface area contributed by atoms with Crippen LogP contribution in [-0.2, 0) is 19.1 Å². The molecule has 1 saturated carbocycles. The van der Waals surface area contributed by atoms with E-state index in [2.05, 4.69) is 20.8 Å². The number of carbonyl (C=O) groups is 2. The van der Waals surface area contributed by atoms with E-state index in [1.54, 1.807) is 6.08 Å². The predicted molar refractivity (Wildman–Crippen MR) is 184 cm³/mol. The van der Waals surface area contributed by atoms with Crippen molar-refractivity contribution in [3.63, 3.8) is 0 Å². The van der Waals surface area contributed by atoms with E-state index in [1.807, 2.05) is 6.08 Å². The second kappa shape index (κ2) is 27.5. The van der Waals surface area contributed by atoms with Gasteiger partial charge in [-0.25, -0.2) is 0 Å². The maximum atomic E-state index is 12.3. The standard InChI is InChI=1S/C38H70O8/c1-4-6-15-21-31(40)25-26-34-33(35(41)27-36(34)42)22-17-13-14-19-24-38(44)46-32(28-39)29-45-37(43)23-18-12-10-8-7-9-11-16-20-30(3)5-2/h25-26,30-36,39-42H,4-24,27-29H2,1-3H3/b26-25+/t30?,31-,32-,33+,34+,35-,36+/m0/s1. The molecule has 0 aromatic rings. The van der Waals surface area contributed by atoms with Gasteiger partial charge < -0.3 is 29.9 Å². The van der Waals surface area contributed by atoms with Gasteiger partial charge in [0, 0.05) is 25.2 Å². The molecule has 270 valence electrons. The van der Waals surface area contributed by atoms with Crippen molar-refractivity contribution in [2.24, 2.45) is 17.8 Å². The zero-order valence-corrected chi connectivity index (χ0v) is 29.6. The molecule has 1 aliphatic carbocycles. The number of carbonyl (C=O) groups excluding carboxylic acids is 2. The maximum Gasteiger partial charge on any atom is 0.306 e. The molecule has 0 amide bonds. The second-order valence-corrected chi connectivity index (χ2v) is 13.9. The summed E-state index contributed by atoms with van der Waals surface area (Å²) in [6.45, 7) is 6.19. The lowest BCUT2D eigenvalue weighted by atomic mass is 9.88. The minimum atomic E-state index is -0.845. The molecule has 0 spiro atoms. The SMILES string of the molecule is CCCCC[C@H](O)/C=C/[C@@H]1[C@@H](CCCCCCC(=O)O[C@@H](CO)COC(=O)CCCCCCCCCCC(C)CC)[C@@H](O)C[C@H]1O. The minimum Gasteiger partial charge on any atom is -0.462 e. The number of aliphatic hydroxyl groups is 4. The molecule has 1 aliphatic rings. The summed E-state index contributed by atoms with van der Waals surface area (Å²) in [6, 6.07) is 0. The number of ether oxygens (including phenoxy) is 2. The molecule has 0 saturated heterocycles. The van der Waals surface area contributed by atoms with E-state index < -0.39 is 37.0 Å². The monoisotopic (exact) mass is 655 g/mol. The Labute approximate surface area is 280 Å². The van der Waals surface area contributed by atoms with Gasteiger partial charge in [0.25, 0.3) is 0 Å². The molecule has 8 nitrogen and oxygen atoms in total. The fraction of sp³-hybridized carbons (Fsp3) is 0.895. The van der Waals surface area contributed by atoms with E-state index >= 15 is 0 Å². The van der Waals surface area contributed by atoms with Crippen LogP contribution in [0.1, 0.15) is 162 Å². The van der Waals surface area contributed by atoms with Crippen molar-refractivity contribution in [2.75, 3.05) is 13.2 Å². The van der Waals surface area contributed by atoms with Crippen molar-refractivity contribution in [1.82, 2.24) is 0 Å². The molecule has 0 aromatic heterocycles. The molecule has 4 N–H and O–H groups in total. The molecule has 7 atom stereocenters.